The van der Waals surface area contributed by atoms with E-state index in [-0.39, 0.29) is 12.4 Å². The average molecular weight is 260 g/mol. The minimum atomic E-state index is 0. The minimum absolute atomic E-state index is 0. The first kappa shape index (κ1) is 15.3. The van der Waals surface area contributed by atoms with Crippen LogP contribution in [0.25, 0.3) is 0 Å². The molecule has 1 atom stereocenters. The maximum Gasteiger partial charge on any atom is -0.00179 e. The van der Waals surface area contributed by atoms with Gasteiger partial charge < -0.3 is 5.32 Å². The molecule has 1 unspecified atom stereocenters. The highest BCUT2D eigenvalue weighted by Gasteiger charge is 2.22. The van der Waals surface area contributed by atoms with Crippen LogP contribution in [-0.2, 0) is 0 Å². The van der Waals surface area contributed by atoms with Gasteiger partial charge in [-0.2, -0.15) is 0 Å². The van der Waals surface area contributed by atoms with E-state index in [4.69, 9.17) is 0 Å². The van der Waals surface area contributed by atoms with Crippen LogP contribution >= 0.6 is 12.4 Å². The van der Waals surface area contributed by atoms with Crippen molar-refractivity contribution < 1.29 is 0 Å². The van der Waals surface area contributed by atoms with Crippen LogP contribution in [0.3, 0.4) is 0 Å². The second-order valence-electron chi connectivity index (χ2n) is 5.92. The van der Waals surface area contributed by atoms with Crippen molar-refractivity contribution in [2.24, 2.45) is 11.8 Å². The predicted molar refractivity (Wildman–Crippen MR) is 77.9 cm³/mol. The Hall–Kier alpha value is 0.250. The zero-order chi connectivity index (χ0) is 11.1. The molecule has 0 amide bonds. The van der Waals surface area contributed by atoms with Crippen molar-refractivity contribution in [2.45, 2.75) is 70.6 Å². The largest absolute Gasteiger partial charge is 0.316 e. The summed E-state index contributed by atoms with van der Waals surface area (Å²) in [7, 11) is 0. The van der Waals surface area contributed by atoms with Crippen molar-refractivity contribution in [2.75, 3.05) is 13.1 Å². The highest BCUT2D eigenvalue weighted by Crippen LogP contribution is 2.31. The van der Waals surface area contributed by atoms with Crippen LogP contribution in [0.1, 0.15) is 70.6 Å². The van der Waals surface area contributed by atoms with E-state index < -0.39 is 0 Å². The van der Waals surface area contributed by atoms with Gasteiger partial charge in [-0.3, -0.25) is 0 Å². The third-order valence-electron chi connectivity index (χ3n) is 4.65. The van der Waals surface area contributed by atoms with Crippen LogP contribution < -0.4 is 5.32 Å². The second kappa shape index (κ2) is 9.22. The molecule has 1 saturated carbocycles. The van der Waals surface area contributed by atoms with E-state index in [0.29, 0.717) is 0 Å². The lowest BCUT2D eigenvalue weighted by Gasteiger charge is -2.30. The van der Waals surface area contributed by atoms with Crippen molar-refractivity contribution in [3.05, 3.63) is 0 Å². The summed E-state index contributed by atoms with van der Waals surface area (Å²) in [5, 5.41) is 3.67. The molecule has 102 valence electrons. The standard InChI is InChI=1S/C15H29N.ClH/c1-2-5-9-14(10-6-3-1)15-11-7-4-8-12-16-13-15;/h14-16H,1-13H2;1H. The summed E-state index contributed by atoms with van der Waals surface area (Å²) >= 11 is 0. The first-order valence-electron chi connectivity index (χ1n) is 7.67. The fraction of sp³-hybridized carbons (Fsp3) is 1.00. The average Bonchev–Trinajstić information content (AvgIpc) is 2.18. The summed E-state index contributed by atoms with van der Waals surface area (Å²) in [5.41, 5.74) is 0. The number of nitrogens with one attached hydrogen (secondary N) is 1. The molecule has 2 heteroatoms. The molecule has 0 bridgehead atoms. The Morgan fingerprint density at radius 1 is 0.588 bits per heavy atom. The van der Waals surface area contributed by atoms with Crippen molar-refractivity contribution in [1.29, 1.82) is 0 Å². The summed E-state index contributed by atoms with van der Waals surface area (Å²) in [5.74, 6) is 2.05. The van der Waals surface area contributed by atoms with Gasteiger partial charge in [0.05, 0.1) is 0 Å². The van der Waals surface area contributed by atoms with Gasteiger partial charge in [0.25, 0.3) is 0 Å². The van der Waals surface area contributed by atoms with E-state index in [9.17, 15) is 0 Å². The SMILES string of the molecule is C1CCCC(C2CCCCCNC2)CCC1.Cl. The predicted octanol–water partition coefficient (Wildman–Crippen LogP) is 4.55. The summed E-state index contributed by atoms with van der Waals surface area (Å²) in [6, 6.07) is 0. The van der Waals surface area contributed by atoms with E-state index in [0.717, 1.165) is 11.8 Å². The zero-order valence-electron chi connectivity index (χ0n) is 11.3. The fourth-order valence-electron chi connectivity index (χ4n) is 3.58. The zero-order valence-corrected chi connectivity index (χ0v) is 12.1. The van der Waals surface area contributed by atoms with Crippen LogP contribution in [-0.4, -0.2) is 13.1 Å². The molecule has 2 aliphatic rings. The Labute approximate surface area is 114 Å². The highest BCUT2D eigenvalue weighted by molar-refractivity contribution is 5.85. The number of halogens is 1. The lowest BCUT2D eigenvalue weighted by molar-refractivity contribution is 0.232. The quantitative estimate of drug-likeness (QED) is 0.729. The topological polar surface area (TPSA) is 12.0 Å². The van der Waals surface area contributed by atoms with Crippen LogP contribution in [0.2, 0.25) is 0 Å². The normalized spacial score (nSPS) is 29.3. The van der Waals surface area contributed by atoms with E-state index in [1.165, 1.54) is 83.7 Å². The third-order valence-corrected chi connectivity index (χ3v) is 4.65. The molecular weight excluding hydrogens is 230 g/mol. The summed E-state index contributed by atoms with van der Waals surface area (Å²) in [4.78, 5) is 0. The van der Waals surface area contributed by atoms with E-state index in [1.807, 2.05) is 0 Å². The van der Waals surface area contributed by atoms with Crippen LogP contribution in [0.4, 0.5) is 0 Å². The molecule has 1 nitrogen and oxygen atoms in total. The maximum absolute atomic E-state index is 3.67. The van der Waals surface area contributed by atoms with Crippen LogP contribution in [0, 0.1) is 11.8 Å². The Bertz CT molecular complexity index is 148. The van der Waals surface area contributed by atoms with Gasteiger partial charge in [0.2, 0.25) is 0 Å². The van der Waals surface area contributed by atoms with Crippen molar-refractivity contribution in [3.8, 4) is 0 Å². The molecule has 1 N–H and O–H groups in total. The molecule has 1 saturated heterocycles. The molecule has 17 heavy (non-hydrogen) atoms. The van der Waals surface area contributed by atoms with E-state index in [1.54, 1.807) is 0 Å². The Morgan fingerprint density at radius 2 is 1.12 bits per heavy atom. The molecule has 2 fully saturated rings. The van der Waals surface area contributed by atoms with Crippen molar-refractivity contribution in [3.63, 3.8) is 0 Å². The van der Waals surface area contributed by atoms with E-state index >= 15 is 0 Å². The fourth-order valence-corrected chi connectivity index (χ4v) is 3.58. The van der Waals surface area contributed by atoms with Gasteiger partial charge in [0, 0.05) is 0 Å². The van der Waals surface area contributed by atoms with Gasteiger partial charge in [0.15, 0.2) is 0 Å². The Balaban J connectivity index is 0.00000144. The smallest absolute Gasteiger partial charge is 0.00179 e. The van der Waals surface area contributed by atoms with E-state index in [2.05, 4.69) is 5.32 Å². The van der Waals surface area contributed by atoms with Gasteiger partial charge in [-0.15, -0.1) is 12.4 Å². The number of rotatable bonds is 1. The lowest BCUT2D eigenvalue weighted by atomic mass is 9.79. The van der Waals surface area contributed by atoms with Gasteiger partial charge >= 0.3 is 0 Å². The first-order valence-corrected chi connectivity index (χ1v) is 7.67. The van der Waals surface area contributed by atoms with Crippen molar-refractivity contribution in [1.82, 2.24) is 5.32 Å². The Morgan fingerprint density at radius 3 is 1.82 bits per heavy atom. The third kappa shape index (κ3) is 5.61. The molecule has 0 aromatic rings. The molecule has 1 heterocycles. The summed E-state index contributed by atoms with van der Waals surface area (Å²) in [6.07, 6.45) is 16.4. The van der Waals surface area contributed by atoms with Gasteiger partial charge in [-0.1, -0.05) is 57.8 Å². The first-order chi connectivity index (χ1) is 7.97. The molecule has 1 aliphatic carbocycles. The minimum Gasteiger partial charge on any atom is -0.316 e. The Kier molecular flexibility index (Phi) is 8.30. The molecule has 1 aliphatic heterocycles. The van der Waals surface area contributed by atoms with Gasteiger partial charge in [-0.25, -0.2) is 0 Å². The molecule has 0 spiro atoms. The molecule has 0 radical (unpaired) electrons. The monoisotopic (exact) mass is 259 g/mol. The number of hydrogen-bond acceptors (Lipinski definition) is 1. The maximum atomic E-state index is 3.67. The van der Waals surface area contributed by atoms with Gasteiger partial charge in [0.1, 0.15) is 0 Å². The molecule has 2 rings (SSSR count). The molecule has 0 aromatic heterocycles. The van der Waals surface area contributed by atoms with Gasteiger partial charge in [-0.05, 0) is 37.8 Å². The van der Waals surface area contributed by atoms with Crippen LogP contribution in [0.5, 0.6) is 0 Å². The number of hydrogen-bond donors (Lipinski definition) is 1. The second-order valence-corrected chi connectivity index (χ2v) is 5.92. The molecular formula is C15H30ClN. The van der Waals surface area contributed by atoms with Crippen LogP contribution in [0.15, 0.2) is 0 Å². The summed E-state index contributed by atoms with van der Waals surface area (Å²) < 4.78 is 0. The lowest BCUT2D eigenvalue weighted by Crippen LogP contribution is -2.31. The highest BCUT2D eigenvalue weighted by atomic mass is 35.5. The van der Waals surface area contributed by atoms with Crippen molar-refractivity contribution >= 4 is 12.4 Å². The summed E-state index contributed by atoms with van der Waals surface area (Å²) in [6.45, 7) is 2.58. The molecule has 0 aromatic carbocycles.